The van der Waals surface area contributed by atoms with Crippen LogP contribution in [-0.2, 0) is 4.74 Å². The Bertz CT molecular complexity index is 1000. The normalized spacial score (nSPS) is 23.0. The molecule has 0 fully saturated rings. The molecule has 3 atom stereocenters. The summed E-state index contributed by atoms with van der Waals surface area (Å²) in [6, 6.07) is 16.2. The zero-order valence-electron chi connectivity index (χ0n) is 16.8. The van der Waals surface area contributed by atoms with Gasteiger partial charge in [0.15, 0.2) is 0 Å². The number of rotatable bonds is 3. The van der Waals surface area contributed by atoms with E-state index in [1.807, 2.05) is 29.1 Å². The number of halogens is 1. The quantitative estimate of drug-likeness (QED) is 0.526. The van der Waals surface area contributed by atoms with Gasteiger partial charge in [0, 0.05) is 18.1 Å². The average molecular weight is 396 g/mol. The van der Waals surface area contributed by atoms with Crippen molar-refractivity contribution in [3.05, 3.63) is 70.8 Å². The van der Waals surface area contributed by atoms with Crippen molar-refractivity contribution in [2.45, 2.75) is 45.3 Å². The molecule has 3 unspecified atom stereocenters. The molecule has 0 aliphatic heterocycles. The standard InChI is InChI=1S/C23H26ClN3O/c1-23(2,3)16-12-18(15-8-6-5-7-9-15)22(28-4)21(13-16)27-25-19-11-10-17(24)14-20(19)26-27/h5-12,14,18,21-22H,13H2,1-4H3. The van der Waals surface area contributed by atoms with Gasteiger partial charge in [0.25, 0.3) is 0 Å². The van der Waals surface area contributed by atoms with E-state index in [4.69, 9.17) is 26.5 Å². The van der Waals surface area contributed by atoms with Crippen LogP contribution in [0.4, 0.5) is 0 Å². The van der Waals surface area contributed by atoms with Crippen molar-refractivity contribution in [2.24, 2.45) is 5.41 Å². The largest absolute Gasteiger partial charge is 0.378 e. The van der Waals surface area contributed by atoms with Crippen LogP contribution in [0.2, 0.25) is 5.02 Å². The Balaban J connectivity index is 1.82. The van der Waals surface area contributed by atoms with Gasteiger partial charge >= 0.3 is 0 Å². The second-order valence-electron chi connectivity index (χ2n) is 8.50. The van der Waals surface area contributed by atoms with Crippen LogP contribution < -0.4 is 0 Å². The molecule has 4 nitrogen and oxygen atoms in total. The number of methoxy groups -OCH3 is 1. The van der Waals surface area contributed by atoms with Crippen LogP contribution in [-0.4, -0.2) is 28.2 Å². The van der Waals surface area contributed by atoms with Gasteiger partial charge in [-0.2, -0.15) is 15.0 Å². The fourth-order valence-corrected chi connectivity index (χ4v) is 4.21. The minimum atomic E-state index is -0.0502. The lowest BCUT2D eigenvalue weighted by molar-refractivity contribution is 0.0282. The van der Waals surface area contributed by atoms with E-state index in [1.54, 1.807) is 7.11 Å². The number of allylic oxidation sites excluding steroid dienone is 1. The third-order valence-electron chi connectivity index (χ3n) is 5.62. The number of benzene rings is 2. The minimum Gasteiger partial charge on any atom is -0.378 e. The van der Waals surface area contributed by atoms with Crippen LogP contribution in [0.5, 0.6) is 0 Å². The molecule has 146 valence electrons. The second-order valence-corrected chi connectivity index (χ2v) is 8.94. The first-order valence-electron chi connectivity index (χ1n) is 9.68. The summed E-state index contributed by atoms with van der Waals surface area (Å²) in [5, 5.41) is 10.2. The lowest BCUT2D eigenvalue weighted by atomic mass is 9.72. The third kappa shape index (κ3) is 3.59. The summed E-state index contributed by atoms with van der Waals surface area (Å²) < 4.78 is 6.03. The summed E-state index contributed by atoms with van der Waals surface area (Å²) in [7, 11) is 1.78. The Kier molecular flexibility index (Phi) is 5.02. The maximum Gasteiger partial charge on any atom is 0.114 e. The molecule has 0 spiro atoms. The van der Waals surface area contributed by atoms with Crippen LogP contribution >= 0.6 is 11.6 Å². The molecule has 1 heterocycles. The van der Waals surface area contributed by atoms with Crippen molar-refractivity contribution in [1.82, 2.24) is 15.0 Å². The first kappa shape index (κ1) is 19.2. The molecule has 1 aromatic heterocycles. The zero-order chi connectivity index (χ0) is 19.9. The van der Waals surface area contributed by atoms with Gasteiger partial charge in [-0.25, -0.2) is 0 Å². The molecule has 1 aliphatic rings. The Morgan fingerprint density at radius 3 is 2.43 bits per heavy atom. The molecule has 0 bridgehead atoms. The molecular formula is C23H26ClN3O. The Morgan fingerprint density at radius 1 is 1.04 bits per heavy atom. The summed E-state index contributed by atoms with van der Waals surface area (Å²) in [6.07, 6.45) is 3.20. The number of aromatic nitrogens is 3. The van der Waals surface area contributed by atoms with Crippen molar-refractivity contribution in [1.29, 1.82) is 0 Å². The molecule has 0 saturated heterocycles. The Labute approximate surface area is 171 Å². The molecule has 0 radical (unpaired) electrons. The van der Waals surface area contributed by atoms with Gasteiger partial charge in [-0.15, -0.1) is 0 Å². The Hall–Kier alpha value is -2.17. The number of fused-ring (bicyclic) bond motifs is 1. The average Bonchev–Trinajstić information content (AvgIpc) is 3.09. The van der Waals surface area contributed by atoms with E-state index in [-0.39, 0.29) is 23.5 Å². The van der Waals surface area contributed by atoms with E-state index >= 15 is 0 Å². The highest BCUT2D eigenvalue weighted by Gasteiger charge is 2.39. The van der Waals surface area contributed by atoms with E-state index in [2.05, 4.69) is 51.1 Å². The van der Waals surface area contributed by atoms with Gasteiger partial charge in [-0.1, -0.05) is 74.4 Å². The monoisotopic (exact) mass is 395 g/mol. The smallest absolute Gasteiger partial charge is 0.114 e. The number of nitrogens with zero attached hydrogens (tertiary/aromatic N) is 3. The lowest BCUT2D eigenvalue weighted by Gasteiger charge is -2.39. The van der Waals surface area contributed by atoms with Crippen LogP contribution in [0.15, 0.2) is 60.2 Å². The first-order valence-corrected chi connectivity index (χ1v) is 10.1. The van der Waals surface area contributed by atoms with E-state index in [9.17, 15) is 0 Å². The fourth-order valence-electron chi connectivity index (χ4n) is 4.05. The van der Waals surface area contributed by atoms with Crippen molar-refractivity contribution in [3.63, 3.8) is 0 Å². The van der Waals surface area contributed by atoms with Crippen LogP contribution in [0, 0.1) is 5.41 Å². The summed E-state index contributed by atoms with van der Waals surface area (Å²) in [4.78, 5) is 1.84. The molecule has 3 aromatic rings. The van der Waals surface area contributed by atoms with Crippen LogP contribution in [0.3, 0.4) is 0 Å². The number of hydrogen-bond acceptors (Lipinski definition) is 3. The molecule has 1 aliphatic carbocycles. The first-order chi connectivity index (χ1) is 13.4. The van der Waals surface area contributed by atoms with Gasteiger partial charge in [0.2, 0.25) is 0 Å². The fraction of sp³-hybridized carbons (Fsp3) is 0.391. The van der Waals surface area contributed by atoms with E-state index < -0.39 is 0 Å². The number of ether oxygens (including phenoxy) is 1. The maximum absolute atomic E-state index is 6.15. The van der Waals surface area contributed by atoms with Gasteiger partial charge in [-0.3, -0.25) is 0 Å². The second kappa shape index (κ2) is 7.34. The topological polar surface area (TPSA) is 39.9 Å². The summed E-state index contributed by atoms with van der Waals surface area (Å²) >= 11 is 6.15. The SMILES string of the molecule is COC1C(c2ccccc2)C=C(C(C)(C)C)CC1n1nc2ccc(Cl)cc2n1. The minimum absolute atomic E-state index is 0.0145. The summed E-state index contributed by atoms with van der Waals surface area (Å²) in [6.45, 7) is 6.79. The van der Waals surface area contributed by atoms with Gasteiger partial charge in [-0.05, 0) is 35.6 Å². The van der Waals surface area contributed by atoms with Crippen molar-refractivity contribution in [2.75, 3.05) is 7.11 Å². The van der Waals surface area contributed by atoms with E-state index in [1.165, 1.54) is 11.1 Å². The third-order valence-corrected chi connectivity index (χ3v) is 5.85. The molecule has 2 aromatic carbocycles. The Morgan fingerprint density at radius 2 is 1.75 bits per heavy atom. The molecule has 0 saturated carbocycles. The summed E-state index contributed by atoms with van der Waals surface area (Å²) in [5.41, 5.74) is 4.38. The highest BCUT2D eigenvalue weighted by Crippen LogP contribution is 2.44. The van der Waals surface area contributed by atoms with E-state index in [0.29, 0.717) is 5.02 Å². The highest BCUT2D eigenvalue weighted by atomic mass is 35.5. The van der Waals surface area contributed by atoms with Crippen molar-refractivity contribution in [3.8, 4) is 0 Å². The van der Waals surface area contributed by atoms with Crippen LogP contribution in [0.25, 0.3) is 11.0 Å². The predicted molar refractivity (Wildman–Crippen MR) is 114 cm³/mol. The predicted octanol–water partition coefficient (Wildman–Crippen LogP) is 5.80. The van der Waals surface area contributed by atoms with Gasteiger partial charge < -0.3 is 4.74 Å². The highest BCUT2D eigenvalue weighted by molar-refractivity contribution is 6.31. The maximum atomic E-state index is 6.15. The van der Waals surface area contributed by atoms with Crippen molar-refractivity contribution >= 4 is 22.6 Å². The number of hydrogen-bond donors (Lipinski definition) is 0. The van der Waals surface area contributed by atoms with Crippen molar-refractivity contribution < 1.29 is 4.74 Å². The van der Waals surface area contributed by atoms with E-state index in [0.717, 1.165) is 17.5 Å². The molecule has 0 amide bonds. The lowest BCUT2D eigenvalue weighted by Crippen LogP contribution is -2.37. The molecule has 4 rings (SSSR count). The molecule has 28 heavy (non-hydrogen) atoms. The summed E-state index contributed by atoms with van der Waals surface area (Å²) in [5.74, 6) is 0.150. The van der Waals surface area contributed by atoms with Crippen LogP contribution in [0.1, 0.15) is 44.7 Å². The van der Waals surface area contributed by atoms with Gasteiger partial charge in [0.1, 0.15) is 17.1 Å². The molecular weight excluding hydrogens is 370 g/mol. The molecule has 5 heteroatoms. The zero-order valence-corrected chi connectivity index (χ0v) is 17.5. The van der Waals surface area contributed by atoms with Gasteiger partial charge in [0.05, 0.1) is 6.10 Å². The molecule has 0 N–H and O–H groups in total.